The summed E-state index contributed by atoms with van der Waals surface area (Å²) in [6.07, 6.45) is 0.661. The average Bonchev–Trinajstić information content (AvgIpc) is 2.10. The molecule has 0 aliphatic rings. The lowest BCUT2D eigenvalue weighted by atomic mass is 10.5. The van der Waals surface area contributed by atoms with E-state index >= 15 is 0 Å². The lowest BCUT2D eigenvalue weighted by Gasteiger charge is -2.05. The number of sulfone groups is 1. The van der Waals surface area contributed by atoms with Crippen molar-refractivity contribution >= 4 is 15.7 Å². The zero-order valence-electron chi connectivity index (χ0n) is 9.38. The molecule has 0 unspecified atom stereocenters. The van der Waals surface area contributed by atoms with Crippen LogP contribution in [0.3, 0.4) is 0 Å². The highest BCUT2D eigenvalue weighted by Gasteiger charge is 2.07. The van der Waals surface area contributed by atoms with Gasteiger partial charge in [0.1, 0.15) is 0 Å². The van der Waals surface area contributed by atoms with Gasteiger partial charge in [-0.2, -0.15) is 0 Å². The predicted molar refractivity (Wildman–Crippen MR) is 60.5 cm³/mol. The van der Waals surface area contributed by atoms with Gasteiger partial charge in [0.15, 0.2) is 9.84 Å². The standard InChI is InChI=1S/C9H20N2O3S/c1-3-7-15(13,14)8-6-10-4-5-11-9(2)12/h10H,3-8H2,1-2H3,(H,11,12). The third-order valence-corrected chi connectivity index (χ3v) is 3.64. The molecule has 15 heavy (non-hydrogen) atoms. The second-order valence-electron chi connectivity index (χ2n) is 3.38. The monoisotopic (exact) mass is 236 g/mol. The molecular formula is C9H20N2O3S. The fraction of sp³-hybridized carbons (Fsp3) is 0.889. The zero-order valence-corrected chi connectivity index (χ0v) is 10.2. The number of rotatable bonds is 8. The van der Waals surface area contributed by atoms with Gasteiger partial charge in [0, 0.05) is 32.3 Å². The van der Waals surface area contributed by atoms with Crippen LogP contribution in [-0.2, 0) is 14.6 Å². The van der Waals surface area contributed by atoms with Gasteiger partial charge in [-0.25, -0.2) is 8.42 Å². The van der Waals surface area contributed by atoms with Gasteiger partial charge in [-0.05, 0) is 6.42 Å². The molecule has 5 nitrogen and oxygen atoms in total. The molecular weight excluding hydrogens is 216 g/mol. The van der Waals surface area contributed by atoms with Crippen molar-refractivity contribution in [2.75, 3.05) is 31.1 Å². The van der Waals surface area contributed by atoms with Gasteiger partial charge in [0.05, 0.1) is 5.75 Å². The van der Waals surface area contributed by atoms with Crippen molar-refractivity contribution in [2.45, 2.75) is 20.3 Å². The highest BCUT2D eigenvalue weighted by molar-refractivity contribution is 7.91. The minimum atomic E-state index is -2.89. The number of hydrogen-bond donors (Lipinski definition) is 2. The molecule has 0 fully saturated rings. The normalized spacial score (nSPS) is 11.3. The van der Waals surface area contributed by atoms with Crippen molar-refractivity contribution in [3.05, 3.63) is 0 Å². The van der Waals surface area contributed by atoms with E-state index in [1.54, 1.807) is 0 Å². The molecule has 0 aromatic carbocycles. The van der Waals surface area contributed by atoms with Gasteiger partial charge >= 0.3 is 0 Å². The number of nitrogens with one attached hydrogen (secondary N) is 2. The fourth-order valence-electron chi connectivity index (χ4n) is 1.09. The smallest absolute Gasteiger partial charge is 0.216 e. The van der Waals surface area contributed by atoms with E-state index in [1.807, 2.05) is 6.92 Å². The van der Waals surface area contributed by atoms with Crippen LogP contribution >= 0.6 is 0 Å². The second kappa shape index (κ2) is 7.64. The molecule has 0 atom stereocenters. The van der Waals surface area contributed by atoms with E-state index in [0.29, 0.717) is 26.1 Å². The maximum Gasteiger partial charge on any atom is 0.216 e. The van der Waals surface area contributed by atoms with E-state index < -0.39 is 9.84 Å². The van der Waals surface area contributed by atoms with Crippen LogP contribution in [0.25, 0.3) is 0 Å². The Morgan fingerprint density at radius 3 is 2.33 bits per heavy atom. The molecule has 90 valence electrons. The Kier molecular flexibility index (Phi) is 7.33. The van der Waals surface area contributed by atoms with Crippen LogP contribution in [0.1, 0.15) is 20.3 Å². The molecule has 6 heteroatoms. The molecule has 0 heterocycles. The van der Waals surface area contributed by atoms with E-state index in [0.717, 1.165) is 0 Å². The van der Waals surface area contributed by atoms with E-state index in [-0.39, 0.29) is 17.4 Å². The van der Waals surface area contributed by atoms with Crippen molar-refractivity contribution < 1.29 is 13.2 Å². The maximum atomic E-state index is 11.3. The maximum absolute atomic E-state index is 11.3. The first kappa shape index (κ1) is 14.4. The quantitative estimate of drug-likeness (QED) is 0.559. The van der Waals surface area contributed by atoms with Crippen LogP contribution < -0.4 is 10.6 Å². The summed E-state index contributed by atoms with van der Waals surface area (Å²) < 4.78 is 22.5. The summed E-state index contributed by atoms with van der Waals surface area (Å²) in [4.78, 5) is 10.5. The summed E-state index contributed by atoms with van der Waals surface area (Å²) in [6.45, 7) is 4.87. The van der Waals surface area contributed by atoms with Crippen LogP contribution in [-0.4, -0.2) is 45.5 Å². The Bertz CT molecular complexity index is 275. The van der Waals surface area contributed by atoms with Crippen molar-refractivity contribution in [3.63, 3.8) is 0 Å². The Morgan fingerprint density at radius 2 is 1.80 bits per heavy atom. The van der Waals surface area contributed by atoms with Crippen molar-refractivity contribution in [1.82, 2.24) is 10.6 Å². The first-order valence-electron chi connectivity index (χ1n) is 5.13. The Morgan fingerprint density at radius 1 is 1.13 bits per heavy atom. The molecule has 0 bridgehead atoms. The zero-order chi connectivity index (χ0) is 11.7. The molecule has 1 amide bonds. The summed E-state index contributed by atoms with van der Waals surface area (Å²) in [6, 6.07) is 0. The van der Waals surface area contributed by atoms with Gasteiger partial charge < -0.3 is 10.6 Å². The van der Waals surface area contributed by atoms with Crippen LogP contribution in [0.4, 0.5) is 0 Å². The molecule has 0 aromatic rings. The van der Waals surface area contributed by atoms with Crippen molar-refractivity contribution in [1.29, 1.82) is 0 Å². The number of amides is 1. The van der Waals surface area contributed by atoms with Gasteiger partial charge in [-0.1, -0.05) is 6.92 Å². The van der Waals surface area contributed by atoms with E-state index in [9.17, 15) is 13.2 Å². The molecule has 0 saturated heterocycles. The molecule has 0 aliphatic carbocycles. The van der Waals surface area contributed by atoms with E-state index in [2.05, 4.69) is 10.6 Å². The third kappa shape index (κ3) is 9.68. The molecule has 0 spiro atoms. The highest BCUT2D eigenvalue weighted by Crippen LogP contribution is 1.91. The van der Waals surface area contributed by atoms with Crippen LogP contribution in [0, 0.1) is 0 Å². The molecule has 0 aliphatic heterocycles. The number of carbonyl (C=O) groups is 1. The average molecular weight is 236 g/mol. The Balaban J connectivity index is 3.42. The minimum Gasteiger partial charge on any atom is -0.355 e. The van der Waals surface area contributed by atoms with E-state index in [1.165, 1.54) is 6.92 Å². The van der Waals surface area contributed by atoms with Gasteiger partial charge in [0.2, 0.25) is 5.91 Å². The summed E-state index contributed by atoms with van der Waals surface area (Å²) in [5.74, 6) is 0.344. The molecule has 0 radical (unpaired) electrons. The molecule has 0 saturated carbocycles. The minimum absolute atomic E-state index is 0.0737. The first-order valence-corrected chi connectivity index (χ1v) is 6.95. The summed E-state index contributed by atoms with van der Waals surface area (Å²) in [7, 11) is -2.89. The second-order valence-corrected chi connectivity index (χ2v) is 5.69. The SMILES string of the molecule is CCCS(=O)(=O)CCNCCNC(C)=O. The highest BCUT2D eigenvalue weighted by atomic mass is 32.2. The summed E-state index contributed by atoms with van der Waals surface area (Å²) >= 11 is 0. The molecule has 0 aromatic heterocycles. The number of hydrogen-bond acceptors (Lipinski definition) is 4. The summed E-state index contributed by atoms with van der Waals surface area (Å²) in [5, 5.41) is 5.58. The van der Waals surface area contributed by atoms with Gasteiger partial charge in [-0.3, -0.25) is 4.79 Å². The topological polar surface area (TPSA) is 75.3 Å². The molecule has 2 N–H and O–H groups in total. The summed E-state index contributed by atoms with van der Waals surface area (Å²) in [5.41, 5.74) is 0. The largest absolute Gasteiger partial charge is 0.355 e. The van der Waals surface area contributed by atoms with Crippen molar-refractivity contribution in [2.24, 2.45) is 0 Å². The van der Waals surface area contributed by atoms with E-state index in [4.69, 9.17) is 0 Å². The van der Waals surface area contributed by atoms with Crippen molar-refractivity contribution in [3.8, 4) is 0 Å². The predicted octanol–water partition coefficient (Wildman–Crippen LogP) is -0.463. The molecule has 0 rings (SSSR count). The Labute approximate surface area is 91.5 Å². The lowest BCUT2D eigenvalue weighted by Crippen LogP contribution is -2.32. The van der Waals surface area contributed by atoms with Gasteiger partial charge in [-0.15, -0.1) is 0 Å². The third-order valence-electron chi connectivity index (χ3n) is 1.78. The lowest BCUT2D eigenvalue weighted by molar-refractivity contribution is -0.118. The van der Waals surface area contributed by atoms with Crippen LogP contribution in [0.15, 0.2) is 0 Å². The van der Waals surface area contributed by atoms with Crippen LogP contribution in [0.2, 0.25) is 0 Å². The van der Waals surface area contributed by atoms with Gasteiger partial charge in [0.25, 0.3) is 0 Å². The number of carbonyl (C=O) groups excluding carboxylic acids is 1. The first-order chi connectivity index (χ1) is 6.98. The van der Waals surface area contributed by atoms with Crippen LogP contribution in [0.5, 0.6) is 0 Å². The Hall–Kier alpha value is -0.620. The fourth-order valence-corrected chi connectivity index (χ4v) is 2.37.